The zero-order chi connectivity index (χ0) is 52.4. The first-order chi connectivity index (χ1) is 35.2. The number of unbranched alkanes of at least 4 members (excludes halogenated alkanes) is 32. The maximum absolute atomic E-state index is 13.0. The number of aliphatic hydroxyl groups excluding tert-OH is 5. The van der Waals surface area contributed by atoms with Gasteiger partial charge in [-0.1, -0.05) is 222 Å². The maximum atomic E-state index is 13.0. The fourth-order valence-corrected chi connectivity index (χ4v) is 9.23. The number of ether oxygens (including phenoxy) is 3. The van der Waals surface area contributed by atoms with Gasteiger partial charge in [-0.3, -0.25) is 9.59 Å². The van der Waals surface area contributed by atoms with E-state index in [1.165, 1.54) is 161 Å². The van der Waals surface area contributed by atoms with Gasteiger partial charge in [-0.2, -0.15) is 0 Å². The van der Waals surface area contributed by atoms with E-state index in [2.05, 4.69) is 42.6 Å². The van der Waals surface area contributed by atoms with Crippen LogP contribution in [0.25, 0.3) is 0 Å². The molecule has 7 atom stereocenters. The van der Waals surface area contributed by atoms with E-state index in [1.807, 2.05) is 19.1 Å². The van der Waals surface area contributed by atoms with E-state index >= 15 is 0 Å². The summed E-state index contributed by atoms with van der Waals surface area (Å²) in [5.74, 6) is -0.205. The van der Waals surface area contributed by atoms with Crippen molar-refractivity contribution in [2.75, 3.05) is 19.8 Å². The Bertz CT molecular complexity index is 1340. The number of hydrogen-bond donors (Lipinski definition) is 6. The quantitative estimate of drug-likeness (QED) is 0.0195. The molecule has 0 aromatic carbocycles. The number of carbonyl (C=O) groups is 2. The molecule has 72 heavy (non-hydrogen) atoms. The summed E-state index contributed by atoms with van der Waals surface area (Å²) in [5.41, 5.74) is 0. The highest BCUT2D eigenvalue weighted by atomic mass is 16.7. The average Bonchev–Trinajstić information content (AvgIpc) is 3.38. The van der Waals surface area contributed by atoms with Gasteiger partial charge in [0.15, 0.2) is 6.29 Å². The molecular formula is C61H111NO10. The van der Waals surface area contributed by atoms with Crippen LogP contribution in [0.2, 0.25) is 0 Å². The Hall–Kier alpha value is -2.38. The van der Waals surface area contributed by atoms with Gasteiger partial charge in [0.05, 0.1) is 32.0 Å². The van der Waals surface area contributed by atoms with Crippen LogP contribution in [0, 0.1) is 0 Å². The summed E-state index contributed by atoms with van der Waals surface area (Å²) in [5, 5.41) is 54.1. The second-order valence-corrected chi connectivity index (χ2v) is 20.7. The zero-order valence-electron chi connectivity index (χ0n) is 46.1. The molecule has 6 N–H and O–H groups in total. The van der Waals surface area contributed by atoms with Crippen molar-refractivity contribution < 1.29 is 49.3 Å². The SMILES string of the molecule is C/C=C/CC/C=C/CC/C=C/C(O)C(COC1OC(CO)C(O)C(O)C1O)NC(=O)CCCCCCCCCC/C=C\CCCCCCCCCCCCCCOC(=O)CCCCCCCCCCCCC. The average molecular weight is 1020 g/mol. The predicted octanol–water partition coefficient (Wildman–Crippen LogP) is 13.7. The van der Waals surface area contributed by atoms with Crippen molar-refractivity contribution >= 4 is 11.9 Å². The van der Waals surface area contributed by atoms with Crippen molar-refractivity contribution in [1.82, 2.24) is 5.32 Å². The van der Waals surface area contributed by atoms with Gasteiger partial charge in [-0.15, -0.1) is 0 Å². The molecule has 0 bridgehead atoms. The molecule has 1 rings (SSSR count). The number of hydrogen-bond acceptors (Lipinski definition) is 10. The summed E-state index contributed by atoms with van der Waals surface area (Å²) in [4.78, 5) is 25.0. The molecular weight excluding hydrogens is 907 g/mol. The normalized spacial score (nSPS) is 19.3. The third-order valence-electron chi connectivity index (χ3n) is 14.0. The largest absolute Gasteiger partial charge is 0.466 e. The minimum atomic E-state index is -1.58. The first kappa shape index (κ1) is 67.6. The third-order valence-corrected chi connectivity index (χ3v) is 14.0. The smallest absolute Gasteiger partial charge is 0.305 e. The highest BCUT2D eigenvalue weighted by Crippen LogP contribution is 2.23. The van der Waals surface area contributed by atoms with E-state index in [1.54, 1.807) is 6.08 Å². The Morgan fingerprint density at radius 2 is 0.958 bits per heavy atom. The van der Waals surface area contributed by atoms with E-state index in [4.69, 9.17) is 14.2 Å². The molecule has 0 aromatic heterocycles. The lowest BCUT2D eigenvalue weighted by Gasteiger charge is -2.40. The molecule has 7 unspecified atom stereocenters. The van der Waals surface area contributed by atoms with Crippen molar-refractivity contribution in [3.8, 4) is 0 Å². The predicted molar refractivity (Wildman–Crippen MR) is 297 cm³/mol. The van der Waals surface area contributed by atoms with E-state index < -0.39 is 49.5 Å². The van der Waals surface area contributed by atoms with Crippen LogP contribution in [0.3, 0.4) is 0 Å². The monoisotopic (exact) mass is 1020 g/mol. The Kier molecular flexibility index (Phi) is 47.7. The second kappa shape index (κ2) is 50.8. The number of esters is 1. The van der Waals surface area contributed by atoms with Gasteiger partial charge in [-0.05, 0) is 77.6 Å². The molecule has 1 amide bonds. The minimum Gasteiger partial charge on any atom is -0.466 e. The molecule has 0 saturated carbocycles. The number of carbonyl (C=O) groups excluding carboxylic acids is 2. The molecule has 11 heteroatoms. The number of allylic oxidation sites excluding steroid dienone is 7. The summed E-state index contributed by atoms with van der Waals surface area (Å²) < 4.78 is 16.6. The van der Waals surface area contributed by atoms with Crippen molar-refractivity contribution in [3.63, 3.8) is 0 Å². The molecule has 420 valence electrons. The van der Waals surface area contributed by atoms with Crippen molar-refractivity contribution in [1.29, 1.82) is 0 Å². The number of nitrogens with one attached hydrogen (secondary N) is 1. The van der Waals surface area contributed by atoms with Crippen LogP contribution in [-0.4, -0.2) is 100 Å². The van der Waals surface area contributed by atoms with Gasteiger partial charge in [0.25, 0.3) is 0 Å². The molecule has 1 saturated heterocycles. The molecule has 1 heterocycles. The molecule has 0 aliphatic carbocycles. The number of rotatable bonds is 51. The van der Waals surface area contributed by atoms with E-state index in [9.17, 15) is 35.1 Å². The number of aliphatic hydroxyl groups is 5. The van der Waals surface area contributed by atoms with Crippen LogP contribution in [0.1, 0.15) is 264 Å². The van der Waals surface area contributed by atoms with Gasteiger partial charge < -0.3 is 45.1 Å². The van der Waals surface area contributed by atoms with Gasteiger partial charge in [0, 0.05) is 12.8 Å². The second-order valence-electron chi connectivity index (χ2n) is 20.7. The van der Waals surface area contributed by atoms with Crippen molar-refractivity contribution in [2.24, 2.45) is 0 Å². The fourth-order valence-electron chi connectivity index (χ4n) is 9.23. The molecule has 1 fully saturated rings. The van der Waals surface area contributed by atoms with Crippen LogP contribution in [0.5, 0.6) is 0 Å². The zero-order valence-corrected chi connectivity index (χ0v) is 46.1. The van der Waals surface area contributed by atoms with Crippen LogP contribution >= 0.6 is 0 Å². The topological polar surface area (TPSA) is 175 Å². The van der Waals surface area contributed by atoms with Gasteiger partial charge in [0.1, 0.15) is 24.4 Å². The van der Waals surface area contributed by atoms with E-state index in [0.717, 1.165) is 77.0 Å². The van der Waals surface area contributed by atoms with Crippen LogP contribution in [-0.2, 0) is 23.8 Å². The Morgan fingerprint density at radius 3 is 1.46 bits per heavy atom. The summed E-state index contributed by atoms with van der Waals surface area (Å²) in [6.45, 7) is 4.08. The van der Waals surface area contributed by atoms with Crippen LogP contribution < -0.4 is 5.32 Å². The molecule has 0 spiro atoms. The Balaban J connectivity index is 2.01. The highest BCUT2D eigenvalue weighted by molar-refractivity contribution is 5.76. The summed E-state index contributed by atoms with van der Waals surface area (Å²) in [7, 11) is 0. The van der Waals surface area contributed by atoms with E-state index in [-0.39, 0.29) is 18.5 Å². The molecule has 1 aliphatic heterocycles. The Labute approximate surface area is 440 Å². The van der Waals surface area contributed by atoms with E-state index in [0.29, 0.717) is 19.4 Å². The maximum Gasteiger partial charge on any atom is 0.305 e. The van der Waals surface area contributed by atoms with Crippen molar-refractivity contribution in [3.05, 3.63) is 48.6 Å². The molecule has 1 aliphatic rings. The lowest BCUT2D eigenvalue weighted by molar-refractivity contribution is -0.302. The summed E-state index contributed by atoms with van der Waals surface area (Å²) >= 11 is 0. The lowest BCUT2D eigenvalue weighted by Crippen LogP contribution is -2.60. The first-order valence-corrected chi connectivity index (χ1v) is 29.9. The fraction of sp³-hybridized carbons (Fsp3) is 0.836. The molecule has 0 radical (unpaired) electrons. The third kappa shape index (κ3) is 40.0. The van der Waals surface area contributed by atoms with Crippen LogP contribution in [0.15, 0.2) is 48.6 Å². The first-order valence-electron chi connectivity index (χ1n) is 29.9. The van der Waals surface area contributed by atoms with Gasteiger partial charge >= 0.3 is 5.97 Å². The summed E-state index contributed by atoms with van der Waals surface area (Å²) in [6, 6.07) is -0.837. The summed E-state index contributed by atoms with van der Waals surface area (Å²) in [6.07, 6.45) is 53.9. The molecule has 0 aromatic rings. The lowest BCUT2D eigenvalue weighted by atomic mass is 9.99. The Morgan fingerprint density at radius 1 is 0.528 bits per heavy atom. The number of amides is 1. The highest BCUT2D eigenvalue weighted by Gasteiger charge is 2.44. The standard InChI is InChI=1S/C61H111NO10/c1-3-5-7-9-11-13-28-33-37-41-45-49-57(66)70-50-46-42-38-34-30-27-25-23-21-19-17-15-14-16-18-20-22-24-26-29-32-36-40-44-48-56(65)62-53(54(64)47-43-39-35-31-12-10-8-6-4-2)52-71-61-60(69)59(68)58(67)55(51-63)72-61/h4,6,12,16,18,31,43,47,53-55,58-61,63-64,67-69H,3,5,7-11,13-15,17,19-30,32-42,44-46,48-52H2,1-2H3,(H,62,65)/b6-4+,18-16-,31-12+,47-43+. The minimum absolute atomic E-state index is 0.000255. The molecule has 11 nitrogen and oxygen atoms in total. The van der Waals surface area contributed by atoms with Gasteiger partial charge in [0.2, 0.25) is 5.91 Å². The van der Waals surface area contributed by atoms with Crippen LogP contribution in [0.4, 0.5) is 0 Å². The van der Waals surface area contributed by atoms with Gasteiger partial charge in [-0.25, -0.2) is 0 Å². The van der Waals surface area contributed by atoms with Crippen molar-refractivity contribution in [2.45, 2.75) is 307 Å².